The third-order valence-electron chi connectivity index (χ3n) is 3.47. The molecule has 1 aromatic carbocycles. The minimum absolute atomic E-state index is 0.790. The molecule has 0 radical (unpaired) electrons. The molecular weight excluding hydrogens is 262 g/mol. The number of rotatable bonds is 6. The summed E-state index contributed by atoms with van der Waals surface area (Å²) in [6.45, 7) is 1.72. The number of fused-ring (bicyclic) bond motifs is 1. The van der Waals surface area contributed by atoms with Crippen LogP contribution in [0.4, 0.5) is 0 Å². The third-order valence-corrected chi connectivity index (χ3v) is 3.47. The van der Waals surface area contributed by atoms with Gasteiger partial charge in [0.25, 0.3) is 0 Å². The van der Waals surface area contributed by atoms with Crippen molar-refractivity contribution in [3.05, 3.63) is 66.1 Å². The van der Waals surface area contributed by atoms with Crippen LogP contribution in [0.3, 0.4) is 0 Å². The zero-order chi connectivity index (χ0) is 14.5. The summed E-state index contributed by atoms with van der Waals surface area (Å²) in [7, 11) is 1.69. The molecule has 4 heteroatoms. The van der Waals surface area contributed by atoms with Gasteiger partial charge in [-0.3, -0.25) is 0 Å². The first-order valence-electron chi connectivity index (χ1n) is 7.11. The van der Waals surface area contributed by atoms with Gasteiger partial charge in [-0.05, 0) is 42.8 Å². The molecule has 0 saturated carbocycles. The summed E-state index contributed by atoms with van der Waals surface area (Å²) in [4.78, 5) is 4.56. The Morgan fingerprint density at radius 1 is 1.14 bits per heavy atom. The van der Waals surface area contributed by atoms with Gasteiger partial charge in [0.05, 0.1) is 12.8 Å². The molecule has 3 aromatic rings. The van der Waals surface area contributed by atoms with Gasteiger partial charge < -0.3 is 14.5 Å². The Balaban J connectivity index is 1.49. The molecule has 21 heavy (non-hydrogen) atoms. The van der Waals surface area contributed by atoms with Crippen LogP contribution in [0.1, 0.15) is 11.3 Å². The molecule has 0 unspecified atom stereocenters. The number of hydrogen-bond acceptors (Lipinski definition) is 3. The highest BCUT2D eigenvalue weighted by atomic mass is 16.5. The fraction of sp³-hybridized carbons (Fsp3) is 0.235. The standard InChI is InChI=1S/C17H19N3O/c1-21-16-7-5-14(6-8-16)9-10-18-12-15-13-20-11-3-2-4-17(20)19-15/h2-8,11,13,18H,9-10,12H2,1H3. The Kier molecular flexibility index (Phi) is 4.17. The molecule has 0 fully saturated rings. The van der Waals surface area contributed by atoms with Crippen LogP contribution in [-0.4, -0.2) is 23.0 Å². The van der Waals surface area contributed by atoms with E-state index < -0.39 is 0 Å². The van der Waals surface area contributed by atoms with Crippen LogP contribution in [0, 0.1) is 0 Å². The minimum Gasteiger partial charge on any atom is -0.497 e. The van der Waals surface area contributed by atoms with Crippen molar-refractivity contribution in [1.29, 1.82) is 0 Å². The van der Waals surface area contributed by atoms with Crippen LogP contribution in [0.15, 0.2) is 54.9 Å². The van der Waals surface area contributed by atoms with Crippen molar-refractivity contribution in [3.8, 4) is 5.75 Å². The lowest BCUT2D eigenvalue weighted by Crippen LogP contribution is -2.16. The summed E-state index contributed by atoms with van der Waals surface area (Å²) in [6.07, 6.45) is 5.08. The van der Waals surface area contributed by atoms with Crippen LogP contribution >= 0.6 is 0 Å². The van der Waals surface area contributed by atoms with Gasteiger partial charge in [0, 0.05) is 18.9 Å². The minimum atomic E-state index is 0.790. The van der Waals surface area contributed by atoms with Crippen molar-refractivity contribution in [2.45, 2.75) is 13.0 Å². The van der Waals surface area contributed by atoms with Gasteiger partial charge in [-0.1, -0.05) is 18.2 Å². The third kappa shape index (κ3) is 3.41. The molecule has 0 aliphatic carbocycles. The second kappa shape index (κ2) is 6.41. The number of hydrogen-bond donors (Lipinski definition) is 1. The number of benzene rings is 1. The summed E-state index contributed by atoms with van der Waals surface area (Å²) in [5, 5.41) is 3.43. The van der Waals surface area contributed by atoms with Crippen molar-refractivity contribution in [1.82, 2.24) is 14.7 Å². The molecular formula is C17H19N3O. The summed E-state index contributed by atoms with van der Waals surface area (Å²) in [5.74, 6) is 0.899. The molecule has 0 amide bonds. The molecule has 0 saturated heterocycles. The summed E-state index contributed by atoms with van der Waals surface area (Å²) < 4.78 is 7.20. The van der Waals surface area contributed by atoms with Gasteiger partial charge >= 0.3 is 0 Å². The number of methoxy groups -OCH3 is 1. The molecule has 3 rings (SSSR count). The van der Waals surface area contributed by atoms with Gasteiger partial charge in [-0.2, -0.15) is 0 Å². The Labute approximate surface area is 124 Å². The maximum atomic E-state index is 5.16. The average molecular weight is 281 g/mol. The lowest BCUT2D eigenvalue weighted by atomic mass is 10.1. The summed E-state index contributed by atoms with van der Waals surface area (Å²) in [6, 6.07) is 14.2. The van der Waals surface area contributed by atoms with Crippen molar-refractivity contribution in [2.24, 2.45) is 0 Å². The van der Waals surface area contributed by atoms with Gasteiger partial charge in [0.2, 0.25) is 0 Å². The van der Waals surface area contributed by atoms with Crippen molar-refractivity contribution in [2.75, 3.05) is 13.7 Å². The average Bonchev–Trinajstić information content (AvgIpc) is 2.95. The smallest absolute Gasteiger partial charge is 0.137 e. The normalized spacial score (nSPS) is 10.9. The zero-order valence-electron chi connectivity index (χ0n) is 12.1. The molecule has 0 spiro atoms. The van der Waals surface area contributed by atoms with E-state index in [1.165, 1.54) is 5.56 Å². The largest absolute Gasteiger partial charge is 0.497 e. The Hall–Kier alpha value is -2.33. The second-order valence-electron chi connectivity index (χ2n) is 4.97. The molecule has 0 aliphatic heterocycles. The fourth-order valence-electron chi connectivity index (χ4n) is 2.31. The monoisotopic (exact) mass is 281 g/mol. The van der Waals surface area contributed by atoms with Crippen molar-refractivity contribution >= 4 is 5.65 Å². The van der Waals surface area contributed by atoms with E-state index in [0.717, 1.165) is 36.6 Å². The van der Waals surface area contributed by atoms with Gasteiger partial charge in [0.15, 0.2) is 0 Å². The number of nitrogens with zero attached hydrogens (tertiary/aromatic N) is 2. The number of pyridine rings is 1. The Morgan fingerprint density at radius 3 is 2.76 bits per heavy atom. The van der Waals surface area contributed by atoms with E-state index in [4.69, 9.17) is 4.74 Å². The van der Waals surface area contributed by atoms with E-state index in [2.05, 4.69) is 28.6 Å². The van der Waals surface area contributed by atoms with E-state index in [0.29, 0.717) is 0 Å². The van der Waals surface area contributed by atoms with E-state index in [-0.39, 0.29) is 0 Å². The predicted molar refractivity (Wildman–Crippen MR) is 83.6 cm³/mol. The van der Waals surface area contributed by atoms with Crippen LogP contribution in [-0.2, 0) is 13.0 Å². The molecule has 0 atom stereocenters. The van der Waals surface area contributed by atoms with Crippen LogP contribution < -0.4 is 10.1 Å². The maximum absolute atomic E-state index is 5.16. The zero-order valence-corrected chi connectivity index (χ0v) is 12.1. The molecule has 0 bridgehead atoms. The van der Waals surface area contributed by atoms with E-state index in [1.54, 1.807) is 7.11 Å². The molecule has 1 N–H and O–H groups in total. The van der Waals surface area contributed by atoms with Crippen LogP contribution in [0.5, 0.6) is 5.75 Å². The first kappa shape index (κ1) is 13.6. The summed E-state index contributed by atoms with van der Waals surface area (Å²) >= 11 is 0. The topological polar surface area (TPSA) is 38.6 Å². The van der Waals surface area contributed by atoms with E-state index in [9.17, 15) is 0 Å². The van der Waals surface area contributed by atoms with Crippen molar-refractivity contribution in [3.63, 3.8) is 0 Å². The molecule has 2 aromatic heterocycles. The number of nitrogens with one attached hydrogen (secondary N) is 1. The quantitative estimate of drug-likeness (QED) is 0.706. The van der Waals surface area contributed by atoms with Gasteiger partial charge in [-0.25, -0.2) is 4.98 Å². The SMILES string of the molecule is COc1ccc(CCNCc2cn3ccccc3n2)cc1. The van der Waals surface area contributed by atoms with Gasteiger partial charge in [0.1, 0.15) is 11.4 Å². The maximum Gasteiger partial charge on any atom is 0.137 e. The fourth-order valence-corrected chi connectivity index (χ4v) is 2.31. The van der Waals surface area contributed by atoms with Crippen LogP contribution in [0.2, 0.25) is 0 Å². The van der Waals surface area contributed by atoms with Crippen molar-refractivity contribution < 1.29 is 4.74 Å². The Bertz CT molecular complexity index is 670. The lowest BCUT2D eigenvalue weighted by Gasteiger charge is -2.04. The number of ether oxygens (including phenoxy) is 1. The summed E-state index contributed by atoms with van der Waals surface area (Å²) in [5.41, 5.74) is 3.36. The highest BCUT2D eigenvalue weighted by Gasteiger charge is 2.00. The van der Waals surface area contributed by atoms with Gasteiger partial charge in [-0.15, -0.1) is 0 Å². The number of imidazole rings is 1. The highest BCUT2D eigenvalue weighted by Crippen LogP contribution is 2.11. The van der Waals surface area contributed by atoms with E-state index >= 15 is 0 Å². The molecule has 2 heterocycles. The molecule has 108 valence electrons. The molecule has 0 aliphatic rings. The number of aromatic nitrogens is 2. The second-order valence-corrected chi connectivity index (χ2v) is 4.97. The first-order chi connectivity index (χ1) is 10.3. The highest BCUT2D eigenvalue weighted by molar-refractivity contribution is 5.39. The lowest BCUT2D eigenvalue weighted by molar-refractivity contribution is 0.414. The molecule has 4 nitrogen and oxygen atoms in total. The predicted octanol–water partition coefficient (Wildman–Crippen LogP) is 2.68. The Morgan fingerprint density at radius 2 is 2.00 bits per heavy atom. The van der Waals surface area contributed by atoms with Crippen LogP contribution in [0.25, 0.3) is 5.65 Å². The van der Waals surface area contributed by atoms with E-state index in [1.807, 2.05) is 40.9 Å². The first-order valence-corrected chi connectivity index (χ1v) is 7.11.